The SMILES string of the molecule is CC/C=C/CC/C=C/CC(C)(C)Oc1ccc(CC)cc1. The van der Waals surface area contributed by atoms with E-state index >= 15 is 0 Å². The molecule has 1 nitrogen and oxygen atoms in total. The lowest BCUT2D eigenvalue weighted by molar-refractivity contribution is 0.113. The van der Waals surface area contributed by atoms with Gasteiger partial charge in [-0.3, -0.25) is 0 Å². The molecular weight excluding hydrogens is 256 g/mol. The third kappa shape index (κ3) is 7.75. The largest absolute Gasteiger partial charge is 0.488 e. The van der Waals surface area contributed by atoms with Gasteiger partial charge < -0.3 is 4.74 Å². The summed E-state index contributed by atoms with van der Waals surface area (Å²) >= 11 is 0. The van der Waals surface area contributed by atoms with Gasteiger partial charge in [0.05, 0.1) is 0 Å². The second-order valence-corrected chi connectivity index (χ2v) is 5.99. The Labute approximate surface area is 130 Å². The van der Waals surface area contributed by atoms with Crippen molar-refractivity contribution in [2.75, 3.05) is 0 Å². The van der Waals surface area contributed by atoms with Crippen LogP contribution in [-0.2, 0) is 6.42 Å². The fourth-order valence-electron chi connectivity index (χ4n) is 2.12. The molecule has 1 rings (SSSR count). The summed E-state index contributed by atoms with van der Waals surface area (Å²) < 4.78 is 6.08. The maximum absolute atomic E-state index is 6.08. The summed E-state index contributed by atoms with van der Waals surface area (Å²) in [5, 5.41) is 0. The van der Waals surface area contributed by atoms with Gasteiger partial charge in [0.2, 0.25) is 0 Å². The number of aryl methyl sites for hydroxylation is 1. The number of ether oxygens (including phenoxy) is 1. The van der Waals surface area contributed by atoms with Gasteiger partial charge in [-0.2, -0.15) is 0 Å². The van der Waals surface area contributed by atoms with E-state index in [0.717, 1.165) is 37.9 Å². The Bertz CT molecular complexity index is 437. The average Bonchev–Trinajstić information content (AvgIpc) is 2.46. The first-order chi connectivity index (χ1) is 10.1. The highest BCUT2D eigenvalue weighted by molar-refractivity contribution is 5.27. The van der Waals surface area contributed by atoms with Gasteiger partial charge in [0, 0.05) is 6.42 Å². The molecule has 1 aromatic carbocycles. The van der Waals surface area contributed by atoms with E-state index in [9.17, 15) is 0 Å². The standard InChI is InChI=1S/C20H30O/c1-5-7-8-9-10-11-12-17-20(3,4)21-19-15-13-18(6-2)14-16-19/h7-8,11-16H,5-6,9-10,17H2,1-4H3/b8-7+,12-11+. The minimum atomic E-state index is -0.163. The Morgan fingerprint density at radius 1 is 0.905 bits per heavy atom. The topological polar surface area (TPSA) is 9.23 Å². The molecule has 0 heterocycles. The van der Waals surface area contributed by atoms with E-state index < -0.39 is 0 Å². The highest BCUT2D eigenvalue weighted by Gasteiger charge is 2.17. The van der Waals surface area contributed by atoms with Crippen molar-refractivity contribution >= 4 is 0 Å². The van der Waals surface area contributed by atoms with Crippen molar-refractivity contribution in [3.8, 4) is 5.75 Å². The molecule has 0 bridgehead atoms. The predicted molar refractivity (Wildman–Crippen MR) is 92.9 cm³/mol. The smallest absolute Gasteiger partial charge is 0.120 e. The molecule has 21 heavy (non-hydrogen) atoms. The van der Waals surface area contributed by atoms with Gasteiger partial charge in [-0.15, -0.1) is 0 Å². The molecule has 0 saturated carbocycles. The van der Waals surface area contributed by atoms with Crippen LogP contribution in [0.2, 0.25) is 0 Å². The number of hydrogen-bond acceptors (Lipinski definition) is 1. The monoisotopic (exact) mass is 286 g/mol. The number of rotatable bonds is 9. The number of unbranched alkanes of at least 4 members (excludes halogenated alkanes) is 1. The molecule has 0 saturated heterocycles. The average molecular weight is 286 g/mol. The Hall–Kier alpha value is -1.50. The summed E-state index contributed by atoms with van der Waals surface area (Å²) in [6.07, 6.45) is 14.3. The van der Waals surface area contributed by atoms with Crippen LogP contribution in [0.4, 0.5) is 0 Å². The number of benzene rings is 1. The van der Waals surface area contributed by atoms with Gasteiger partial charge in [0.1, 0.15) is 11.4 Å². The second-order valence-electron chi connectivity index (χ2n) is 5.99. The highest BCUT2D eigenvalue weighted by Crippen LogP contribution is 2.22. The van der Waals surface area contributed by atoms with Crippen LogP contribution in [0.25, 0.3) is 0 Å². The van der Waals surface area contributed by atoms with Gasteiger partial charge in [-0.05, 0) is 57.2 Å². The van der Waals surface area contributed by atoms with E-state index in [2.05, 4.69) is 76.3 Å². The van der Waals surface area contributed by atoms with E-state index in [4.69, 9.17) is 4.74 Å². The molecule has 0 atom stereocenters. The van der Waals surface area contributed by atoms with E-state index in [1.807, 2.05) is 0 Å². The number of hydrogen-bond donors (Lipinski definition) is 0. The quantitative estimate of drug-likeness (QED) is 0.394. The zero-order valence-corrected chi connectivity index (χ0v) is 14.1. The van der Waals surface area contributed by atoms with Crippen LogP contribution >= 0.6 is 0 Å². The van der Waals surface area contributed by atoms with E-state index in [0.29, 0.717) is 0 Å². The van der Waals surface area contributed by atoms with Crippen LogP contribution in [0.15, 0.2) is 48.6 Å². The van der Waals surface area contributed by atoms with Crippen LogP contribution in [0, 0.1) is 0 Å². The molecule has 0 radical (unpaired) electrons. The van der Waals surface area contributed by atoms with Crippen LogP contribution in [0.5, 0.6) is 5.75 Å². The first-order valence-electron chi connectivity index (χ1n) is 8.15. The van der Waals surface area contributed by atoms with Gasteiger partial charge in [-0.1, -0.05) is 50.3 Å². The van der Waals surface area contributed by atoms with Crippen molar-refractivity contribution in [3.05, 3.63) is 54.1 Å². The predicted octanol–water partition coefficient (Wildman–Crippen LogP) is 6.10. The first kappa shape index (κ1) is 17.6. The molecule has 0 spiro atoms. The van der Waals surface area contributed by atoms with Crippen LogP contribution < -0.4 is 4.74 Å². The molecule has 0 aliphatic rings. The fourth-order valence-corrected chi connectivity index (χ4v) is 2.12. The lowest BCUT2D eigenvalue weighted by Gasteiger charge is -2.25. The molecule has 0 aliphatic carbocycles. The van der Waals surface area contributed by atoms with E-state index in [-0.39, 0.29) is 5.60 Å². The first-order valence-corrected chi connectivity index (χ1v) is 8.15. The molecule has 0 aliphatic heterocycles. The molecule has 0 N–H and O–H groups in total. The second kappa shape index (κ2) is 9.44. The lowest BCUT2D eigenvalue weighted by Crippen LogP contribution is -2.27. The van der Waals surface area contributed by atoms with Gasteiger partial charge in [0.15, 0.2) is 0 Å². The van der Waals surface area contributed by atoms with Crippen molar-refractivity contribution in [2.45, 2.75) is 65.4 Å². The summed E-state index contributed by atoms with van der Waals surface area (Å²) in [6.45, 7) is 8.61. The normalized spacial score (nSPS) is 12.4. The van der Waals surface area contributed by atoms with Crippen molar-refractivity contribution < 1.29 is 4.74 Å². The van der Waals surface area contributed by atoms with Crippen LogP contribution in [-0.4, -0.2) is 5.60 Å². The Morgan fingerprint density at radius 3 is 2.10 bits per heavy atom. The van der Waals surface area contributed by atoms with E-state index in [1.165, 1.54) is 5.56 Å². The molecule has 0 aromatic heterocycles. The molecule has 0 fully saturated rings. The summed E-state index contributed by atoms with van der Waals surface area (Å²) in [4.78, 5) is 0. The zero-order valence-electron chi connectivity index (χ0n) is 14.1. The van der Waals surface area contributed by atoms with E-state index in [1.54, 1.807) is 0 Å². The van der Waals surface area contributed by atoms with Crippen LogP contribution in [0.1, 0.15) is 58.9 Å². The van der Waals surface area contributed by atoms with Crippen molar-refractivity contribution in [2.24, 2.45) is 0 Å². The molecule has 0 amide bonds. The van der Waals surface area contributed by atoms with Crippen molar-refractivity contribution in [1.29, 1.82) is 0 Å². The van der Waals surface area contributed by atoms with Crippen molar-refractivity contribution in [1.82, 2.24) is 0 Å². The van der Waals surface area contributed by atoms with Crippen molar-refractivity contribution in [3.63, 3.8) is 0 Å². The molecular formula is C20H30O. The minimum absolute atomic E-state index is 0.163. The molecule has 0 unspecified atom stereocenters. The van der Waals surface area contributed by atoms with Gasteiger partial charge in [-0.25, -0.2) is 0 Å². The summed E-state index contributed by atoms with van der Waals surface area (Å²) in [6, 6.07) is 8.42. The maximum atomic E-state index is 6.08. The minimum Gasteiger partial charge on any atom is -0.488 e. The fraction of sp³-hybridized carbons (Fsp3) is 0.500. The summed E-state index contributed by atoms with van der Waals surface area (Å²) in [7, 11) is 0. The molecule has 1 heteroatoms. The summed E-state index contributed by atoms with van der Waals surface area (Å²) in [5.41, 5.74) is 1.18. The highest BCUT2D eigenvalue weighted by atomic mass is 16.5. The Balaban J connectivity index is 2.38. The van der Waals surface area contributed by atoms with Gasteiger partial charge in [0.25, 0.3) is 0 Å². The maximum Gasteiger partial charge on any atom is 0.120 e. The summed E-state index contributed by atoms with van der Waals surface area (Å²) in [5.74, 6) is 0.955. The third-order valence-corrected chi connectivity index (χ3v) is 3.40. The lowest BCUT2D eigenvalue weighted by atomic mass is 10.0. The van der Waals surface area contributed by atoms with Crippen LogP contribution in [0.3, 0.4) is 0 Å². The molecule has 1 aromatic rings. The Morgan fingerprint density at radius 2 is 1.52 bits per heavy atom. The Kier molecular flexibility index (Phi) is 7.89. The third-order valence-electron chi connectivity index (χ3n) is 3.40. The molecule has 116 valence electrons. The van der Waals surface area contributed by atoms with Gasteiger partial charge >= 0.3 is 0 Å². The zero-order chi connectivity index (χ0) is 15.6. The number of allylic oxidation sites excluding steroid dienone is 3.